The second-order valence-electron chi connectivity index (χ2n) is 12.4. The number of allylic oxidation sites excluding steroid dienone is 1. The lowest BCUT2D eigenvalue weighted by molar-refractivity contribution is -0.139. The molecule has 0 aromatic heterocycles. The number of phosphoric ester groups is 1. The number of hydrogen-bond acceptors (Lipinski definition) is 7. The summed E-state index contributed by atoms with van der Waals surface area (Å²) in [6.45, 7) is 16.0. The van der Waals surface area contributed by atoms with Gasteiger partial charge in [0.05, 0.1) is 30.0 Å². The molecular formula is C30H47F3NO6P. The zero-order valence-electron chi connectivity index (χ0n) is 25.6. The second kappa shape index (κ2) is 14.5. The van der Waals surface area contributed by atoms with Crippen molar-refractivity contribution >= 4 is 13.7 Å². The lowest BCUT2D eigenvalue weighted by atomic mass is 9.93. The predicted octanol–water partition coefficient (Wildman–Crippen LogP) is 9.10. The fraction of sp³-hybridized carbons (Fsp3) is 0.700. The highest BCUT2D eigenvalue weighted by atomic mass is 31.2. The molecule has 0 saturated heterocycles. The van der Waals surface area contributed by atoms with E-state index in [0.717, 1.165) is 31.7 Å². The molecule has 1 aromatic carbocycles. The van der Waals surface area contributed by atoms with E-state index in [1.165, 1.54) is 6.07 Å². The first kappa shape index (κ1) is 35.3. The number of ether oxygens (including phenoxy) is 2. The van der Waals surface area contributed by atoms with Crippen molar-refractivity contribution in [3.05, 3.63) is 42.0 Å². The Balaban J connectivity index is 2.15. The Morgan fingerprint density at radius 1 is 1.05 bits per heavy atom. The van der Waals surface area contributed by atoms with Gasteiger partial charge in [0.25, 0.3) is 0 Å². The van der Waals surface area contributed by atoms with Gasteiger partial charge >= 0.3 is 14.0 Å². The van der Waals surface area contributed by atoms with Gasteiger partial charge in [-0.15, -0.1) is 6.58 Å². The van der Waals surface area contributed by atoms with Gasteiger partial charge in [-0.05, 0) is 91.3 Å². The minimum absolute atomic E-state index is 0.129. The van der Waals surface area contributed by atoms with Crippen LogP contribution < -0.4 is 4.74 Å². The maximum absolute atomic E-state index is 13.9. The SMILES string of the molecule is C=CCCCCCCOc1ccc(CCC2(COP(=O)(OC(C)(C)C)OC(C)(C)C)COC(C)=N2)cc1C(F)(F)F. The van der Waals surface area contributed by atoms with E-state index < -0.39 is 36.3 Å². The molecule has 1 unspecified atom stereocenters. The van der Waals surface area contributed by atoms with Gasteiger partial charge in [0.1, 0.15) is 17.9 Å². The van der Waals surface area contributed by atoms with Gasteiger partial charge in [-0.3, -0.25) is 13.6 Å². The monoisotopic (exact) mass is 605 g/mol. The van der Waals surface area contributed by atoms with Gasteiger partial charge in [0, 0.05) is 6.92 Å². The van der Waals surface area contributed by atoms with E-state index in [2.05, 4.69) is 11.6 Å². The molecule has 234 valence electrons. The molecule has 1 atom stereocenters. The number of unbranched alkanes of at least 4 members (excludes halogenated alkanes) is 4. The van der Waals surface area contributed by atoms with Gasteiger partial charge in [-0.25, -0.2) is 9.56 Å². The molecule has 0 saturated carbocycles. The topological polar surface area (TPSA) is 75.6 Å². The van der Waals surface area contributed by atoms with Crippen molar-refractivity contribution in [1.82, 2.24) is 0 Å². The number of aliphatic imine (C=N–C) groups is 1. The number of alkyl halides is 3. The fourth-order valence-corrected chi connectivity index (χ4v) is 6.12. The zero-order chi connectivity index (χ0) is 31.0. The third-order valence-corrected chi connectivity index (χ3v) is 7.98. The Morgan fingerprint density at radius 2 is 1.68 bits per heavy atom. The van der Waals surface area contributed by atoms with Crippen LogP contribution in [0, 0.1) is 0 Å². The molecule has 0 amide bonds. The van der Waals surface area contributed by atoms with Crippen LogP contribution in [-0.2, 0) is 35.5 Å². The number of benzene rings is 1. The standard InChI is InChI=1S/C30H47F3NO6P/c1-9-10-11-12-13-14-19-36-26-16-15-24(20-25(26)30(31,32)33)17-18-29(21-37-23(2)34-29)22-38-41(35,39-27(3,4)5)40-28(6,7)8/h9,15-16,20H,1,10-14,17-19,21-22H2,2-8H3. The van der Waals surface area contributed by atoms with Gasteiger partial charge in [0.15, 0.2) is 5.90 Å². The van der Waals surface area contributed by atoms with Crippen LogP contribution in [-0.4, -0.2) is 42.5 Å². The third-order valence-electron chi connectivity index (χ3n) is 6.00. The number of aryl methyl sites for hydroxylation is 1. The van der Waals surface area contributed by atoms with Crippen molar-refractivity contribution in [2.24, 2.45) is 4.99 Å². The number of nitrogens with zero attached hydrogens (tertiary/aromatic N) is 1. The van der Waals surface area contributed by atoms with Gasteiger partial charge < -0.3 is 9.47 Å². The summed E-state index contributed by atoms with van der Waals surface area (Å²) in [5, 5.41) is 0. The molecular weight excluding hydrogens is 558 g/mol. The van der Waals surface area contributed by atoms with E-state index in [1.807, 2.05) is 6.08 Å². The lowest BCUT2D eigenvalue weighted by Gasteiger charge is -2.33. The van der Waals surface area contributed by atoms with Crippen LogP contribution in [0.3, 0.4) is 0 Å². The van der Waals surface area contributed by atoms with E-state index in [4.69, 9.17) is 23.0 Å². The lowest BCUT2D eigenvalue weighted by Crippen LogP contribution is -2.36. The number of rotatable bonds is 16. The molecule has 41 heavy (non-hydrogen) atoms. The van der Waals surface area contributed by atoms with Crippen molar-refractivity contribution in [2.45, 2.75) is 116 Å². The maximum atomic E-state index is 13.9. The zero-order valence-corrected chi connectivity index (χ0v) is 26.5. The quantitative estimate of drug-likeness (QED) is 0.106. The highest BCUT2D eigenvalue weighted by Gasteiger charge is 2.43. The molecule has 0 fully saturated rings. The average Bonchev–Trinajstić information content (AvgIpc) is 3.19. The van der Waals surface area contributed by atoms with E-state index in [-0.39, 0.29) is 38.4 Å². The van der Waals surface area contributed by atoms with Crippen LogP contribution in [0.4, 0.5) is 13.2 Å². The van der Waals surface area contributed by atoms with E-state index >= 15 is 0 Å². The first-order valence-corrected chi connectivity index (χ1v) is 15.6. The van der Waals surface area contributed by atoms with Crippen LogP contribution in [0.2, 0.25) is 0 Å². The first-order chi connectivity index (χ1) is 18.9. The molecule has 0 spiro atoms. The molecule has 7 nitrogen and oxygen atoms in total. The summed E-state index contributed by atoms with van der Waals surface area (Å²) in [6.07, 6.45) is 2.32. The van der Waals surface area contributed by atoms with Gasteiger partial charge in [0.2, 0.25) is 0 Å². The Kier molecular flexibility index (Phi) is 12.5. The Labute approximate surface area is 243 Å². The summed E-state index contributed by atoms with van der Waals surface area (Å²) in [5.74, 6) is 0.240. The predicted molar refractivity (Wildman–Crippen MR) is 156 cm³/mol. The third kappa shape index (κ3) is 12.9. The minimum Gasteiger partial charge on any atom is -0.493 e. The van der Waals surface area contributed by atoms with Crippen molar-refractivity contribution in [3.8, 4) is 5.75 Å². The van der Waals surface area contributed by atoms with Crippen molar-refractivity contribution in [1.29, 1.82) is 0 Å². The summed E-state index contributed by atoms with van der Waals surface area (Å²) >= 11 is 0. The van der Waals surface area contributed by atoms with Crippen LogP contribution in [0.1, 0.15) is 98.1 Å². The maximum Gasteiger partial charge on any atom is 0.475 e. The second-order valence-corrected chi connectivity index (χ2v) is 14.0. The Morgan fingerprint density at radius 3 is 2.22 bits per heavy atom. The molecule has 1 aromatic rings. The van der Waals surface area contributed by atoms with Gasteiger partial charge in [-0.2, -0.15) is 13.2 Å². The Hall–Kier alpha value is -1.87. The summed E-state index contributed by atoms with van der Waals surface area (Å²) in [6, 6.07) is 4.13. The molecule has 1 aliphatic heterocycles. The number of hydrogen-bond donors (Lipinski definition) is 0. The molecule has 0 bridgehead atoms. The van der Waals surface area contributed by atoms with Gasteiger partial charge in [-0.1, -0.05) is 25.0 Å². The van der Waals surface area contributed by atoms with Crippen LogP contribution in [0.15, 0.2) is 35.8 Å². The Bertz CT molecular complexity index is 1060. The highest BCUT2D eigenvalue weighted by molar-refractivity contribution is 7.48. The first-order valence-electron chi connectivity index (χ1n) is 14.1. The van der Waals surface area contributed by atoms with Crippen molar-refractivity contribution < 1.29 is 40.8 Å². The minimum atomic E-state index is -4.57. The van der Waals surface area contributed by atoms with Crippen LogP contribution in [0.25, 0.3) is 0 Å². The van der Waals surface area contributed by atoms with Crippen LogP contribution in [0.5, 0.6) is 5.75 Å². The molecule has 1 aliphatic rings. The summed E-state index contributed by atoms with van der Waals surface area (Å²) in [5.41, 5.74) is -2.95. The van der Waals surface area contributed by atoms with E-state index in [9.17, 15) is 17.7 Å². The van der Waals surface area contributed by atoms with E-state index in [1.54, 1.807) is 54.5 Å². The van der Waals surface area contributed by atoms with Crippen LogP contribution >= 0.6 is 7.82 Å². The molecule has 0 radical (unpaired) electrons. The number of phosphoric acid groups is 1. The summed E-state index contributed by atoms with van der Waals surface area (Å²) in [7, 11) is -4.03. The highest BCUT2D eigenvalue weighted by Crippen LogP contribution is 2.56. The van der Waals surface area contributed by atoms with Crippen molar-refractivity contribution in [3.63, 3.8) is 0 Å². The molecule has 0 aliphatic carbocycles. The molecule has 0 N–H and O–H groups in total. The number of halogens is 3. The molecule has 1 heterocycles. The summed E-state index contributed by atoms with van der Waals surface area (Å²) in [4.78, 5) is 4.58. The summed E-state index contributed by atoms with van der Waals surface area (Å²) < 4.78 is 83.7. The average molecular weight is 606 g/mol. The smallest absolute Gasteiger partial charge is 0.475 e. The van der Waals surface area contributed by atoms with Crippen molar-refractivity contribution in [2.75, 3.05) is 19.8 Å². The van der Waals surface area contributed by atoms with E-state index in [0.29, 0.717) is 17.9 Å². The normalized spacial score (nSPS) is 18.2. The largest absolute Gasteiger partial charge is 0.493 e. The molecule has 2 rings (SSSR count). The molecule has 11 heteroatoms. The fourth-order valence-electron chi connectivity index (χ4n) is 4.24.